The molecule has 1 amide bonds. The number of ether oxygens (including phenoxy) is 2. The van der Waals surface area contributed by atoms with E-state index in [1.807, 2.05) is 0 Å². The highest BCUT2D eigenvalue weighted by Crippen LogP contribution is 2.36. The average molecular weight is 425 g/mol. The summed E-state index contributed by atoms with van der Waals surface area (Å²) in [6.45, 7) is 0.288. The van der Waals surface area contributed by atoms with Crippen molar-refractivity contribution in [1.29, 1.82) is 0 Å². The number of benzene rings is 2. The number of rotatable bonds is 6. The number of nitrogens with zero attached hydrogens (tertiary/aromatic N) is 1. The first-order valence-corrected chi connectivity index (χ1v) is 10.5. The van der Waals surface area contributed by atoms with Crippen LogP contribution in [0.25, 0.3) is 0 Å². The Kier molecular flexibility index (Phi) is 6.12. The lowest BCUT2D eigenvalue weighted by Gasteiger charge is -2.24. The zero-order valence-electron chi connectivity index (χ0n) is 15.5. The lowest BCUT2D eigenvalue weighted by molar-refractivity contribution is -0.119. The highest BCUT2D eigenvalue weighted by Gasteiger charge is 2.39. The molecule has 7 nitrogen and oxygen atoms in total. The van der Waals surface area contributed by atoms with Gasteiger partial charge in [0.2, 0.25) is 15.9 Å². The van der Waals surface area contributed by atoms with Crippen LogP contribution in [0.5, 0.6) is 11.5 Å². The summed E-state index contributed by atoms with van der Waals surface area (Å²) < 4.78 is 37.6. The molecule has 0 spiro atoms. The lowest BCUT2D eigenvalue weighted by Crippen LogP contribution is -2.43. The quantitative estimate of drug-likeness (QED) is 0.769. The van der Waals surface area contributed by atoms with E-state index in [4.69, 9.17) is 21.1 Å². The minimum absolute atomic E-state index is 0.167. The van der Waals surface area contributed by atoms with E-state index in [0.29, 0.717) is 35.1 Å². The Labute approximate surface area is 169 Å². The Balaban J connectivity index is 1.87. The molecule has 1 N–H and O–H groups in total. The van der Waals surface area contributed by atoms with Crippen LogP contribution in [0.15, 0.2) is 47.4 Å². The van der Waals surface area contributed by atoms with Gasteiger partial charge in [-0.2, -0.15) is 4.31 Å². The SMILES string of the molecule is COc1cc(NC(=O)[C@@H]2CCCN2S(=O)(=O)c2ccccc2)c(OC)cc1Cl. The Morgan fingerprint density at radius 2 is 1.82 bits per heavy atom. The lowest BCUT2D eigenvalue weighted by atomic mass is 10.2. The summed E-state index contributed by atoms with van der Waals surface area (Å²) in [5.74, 6) is 0.298. The number of hydrogen-bond acceptors (Lipinski definition) is 5. The minimum atomic E-state index is -3.76. The smallest absolute Gasteiger partial charge is 0.243 e. The van der Waals surface area contributed by atoms with E-state index in [1.54, 1.807) is 24.3 Å². The predicted octanol–water partition coefficient (Wildman–Crippen LogP) is 3.15. The summed E-state index contributed by atoms with van der Waals surface area (Å²) >= 11 is 6.09. The van der Waals surface area contributed by atoms with Crippen LogP contribution < -0.4 is 14.8 Å². The van der Waals surface area contributed by atoms with Crippen molar-refractivity contribution < 1.29 is 22.7 Å². The van der Waals surface area contributed by atoms with Crippen LogP contribution >= 0.6 is 11.6 Å². The second-order valence-corrected chi connectivity index (χ2v) is 8.56. The molecule has 2 aromatic carbocycles. The molecular weight excluding hydrogens is 404 g/mol. The van der Waals surface area contributed by atoms with Crippen molar-refractivity contribution in [2.24, 2.45) is 0 Å². The molecule has 0 bridgehead atoms. The van der Waals surface area contributed by atoms with E-state index in [1.165, 1.54) is 36.7 Å². The summed E-state index contributed by atoms with van der Waals surface area (Å²) in [7, 11) is -0.848. The molecule has 1 saturated heterocycles. The number of carbonyl (C=O) groups is 1. The summed E-state index contributed by atoms with van der Waals surface area (Å²) in [5, 5.41) is 3.09. The van der Waals surface area contributed by atoms with Gasteiger partial charge in [0.05, 0.1) is 29.8 Å². The molecule has 0 aliphatic carbocycles. The van der Waals surface area contributed by atoms with Gasteiger partial charge in [0.25, 0.3) is 0 Å². The standard InChI is InChI=1S/C19H21ClN2O5S/c1-26-17-12-15(18(27-2)11-14(17)20)21-19(23)16-9-6-10-22(16)28(24,25)13-7-4-3-5-8-13/h3-5,7-8,11-12,16H,6,9-10H2,1-2H3,(H,21,23)/t16-/m0/s1. The topological polar surface area (TPSA) is 84.9 Å². The van der Waals surface area contributed by atoms with E-state index < -0.39 is 22.0 Å². The second-order valence-electron chi connectivity index (χ2n) is 6.26. The molecule has 28 heavy (non-hydrogen) atoms. The van der Waals surface area contributed by atoms with E-state index in [-0.39, 0.29) is 11.4 Å². The first-order valence-electron chi connectivity index (χ1n) is 8.67. The van der Waals surface area contributed by atoms with Gasteiger partial charge in [-0.1, -0.05) is 29.8 Å². The molecule has 0 saturated carbocycles. The second kappa shape index (κ2) is 8.38. The third kappa shape index (κ3) is 3.94. The van der Waals surface area contributed by atoms with Gasteiger partial charge >= 0.3 is 0 Å². The Morgan fingerprint density at radius 3 is 2.46 bits per heavy atom. The molecule has 1 fully saturated rings. The fourth-order valence-electron chi connectivity index (χ4n) is 3.19. The number of halogens is 1. The summed E-state index contributed by atoms with van der Waals surface area (Å²) in [4.78, 5) is 13.1. The first kappa shape index (κ1) is 20.4. The van der Waals surface area contributed by atoms with Crippen molar-refractivity contribution in [2.45, 2.75) is 23.8 Å². The third-order valence-corrected chi connectivity index (χ3v) is 6.81. The molecule has 1 aliphatic rings. The fraction of sp³-hybridized carbons (Fsp3) is 0.316. The Morgan fingerprint density at radius 1 is 1.14 bits per heavy atom. The zero-order valence-corrected chi connectivity index (χ0v) is 17.1. The molecule has 0 unspecified atom stereocenters. The molecule has 1 atom stereocenters. The molecule has 150 valence electrons. The van der Waals surface area contributed by atoms with Crippen LogP contribution in [-0.2, 0) is 14.8 Å². The van der Waals surface area contributed by atoms with Gasteiger partial charge in [0.15, 0.2) is 0 Å². The number of methoxy groups -OCH3 is 2. The van der Waals surface area contributed by atoms with Gasteiger partial charge in [-0.25, -0.2) is 8.42 Å². The number of carbonyl (C=O) groups excluding carboxylic acids is 1. The van der Waals surface area contributed by atoms with E-state index in [9.17, 15) is 13.2 Å². The molecule has 0 radical (unpaired) electrons. The van der Waals surface area contributed by atoms with Crippen LogP contribution in [0.3, 0.4) is 0 Å². The van der Waals surface area contributed by atoms with E-state index >= 15 is 0 Å². The highest BCUT2D eigenvalue weighted by atomic mass is 35.5. The Hall–Kier alpha value is -2.29. The maximum atomic E-state index is 13.0. The van der Waals surface area contributed by atoms with Gasteiger partial charge in [-0.15, -0.1) is 0 Å². The highest BCUT2D eigenvalue weighted by molar-refractivity contribution is 7.89. The van der Waals surface area contributed by atoms with Gasteiger partial charge < -0.3 is 14.8 Å². The zero-order chi connectivity index (χ0) is 20.3. The van der Waals surface area contributed by atoms with Gasteiger partial charge in [0, 0.05) is 18.7 Å². The van der Waals surface area contributed by atoms with Gasteiger partial charge in [0.1, 0.15) is 17.5 Å². The monoisotopic (exact) mass is 424 g/mol. The fourth-order valence-corrected chi connectivity index (χ4v) is 5.10. The summed E-state index contributed by atoms with van der Waals surface area (Å²) in [6, 6.07) is 10.4. The largest absolute Gasteiger partial charge is 0.495 e. The van der Waals surface area contributed by atoms with Crippen LogP contribution in [0.2, 0.25) is 5.02 Å². The van der Waals surface area contributed by atoms with Crippen molar-refractivity contribution in [2.75, 3.05) is 26.1 Å². The molecule has 3 rings (SSSR count). The molecule has 1 heterocycles. The molecule has 2 aromatic rings. The first-order chi connectivity index (χ1) is 13.4. The van der Waals surface area contributed by atoms with Crippen LogP contribution in [0.4, 0.5) is 5.69 Å². The summed E-state index contributed by atoms with van der Waals surface area (Å²) in [6.07, 6.45) is 1.04. The Bertz CT molecular complexity index is 966. The number of hydrogen-bond donors (Lipinski definition) is 1. The molecular formula is C19H21ClN2O5S. The summed E-state index contributed by atoms with van der Waals surface area (Å²) in [5.41, 5.74) is 0.359. The van der Waals surface area contributed by atoms with Crippen molar-refractivity contribution in [3.05, 3.63) is 47.5 Å². The van der Waals surface area contributed by atoms with Crippen molar-refractivity contribution in [3.8, 4) is 11.5 Å². The number of anilines is 1. The number of nitrogens with one attached hydrogen (secondary N) is 1. The predicted molar refractivity (Wildman–Crippen MR) is 107 cm³/mol. The molecule has 0 aromatic heterocycles. The van der Waals surface area contributed by atoms with Crippen LogP contribution in [0, 0.1) is 0 Å². The van der Waals surface area contributed by atoms with Crippen molar-refractivity contribution in [1.82, 2.24) is 4.31 Å². The minimum Gasteiger partial charge on any atom is -0.495 e. The third-order valence-electron chi connectivity index (χ3n) is 4.59. The van der Waals surface area contributed by atoms with Crippen molar-refractivity contribution >= 4 is 33.2 Å². The maximum Gasteiger partial charge on any atom is 0.243 e. The number of amides is 1. The van der Waals surface area contributed by atoms with Crippen LogP contribution in [0.1, 0.15) is 12.8 Å². The van der Waals surface area contributed by atoms with Crippen molar-refractivity contribution in [3.63, 3.8) is 0 Å². The van der Waals surface area contributed by atoms with E-state index in [0.717, 1.165) is 0 Å². The average Bonchev–Trinajstić information content (AvgIpc) is 3.20. The normalized spacial score (nSPS) is 17.3. The van der Waals surface area contributed by atoms with Gasteiger partial charge in [-0.3, -0.25) is 4.79 Å². The van der Waals surface area contributed by atoms with E-state index in [2.05, 4.69) is 5.32 Å². The van der Waals surface area contributed by atoms with Crippen LogP contribution in [-0.4, -0.2) is 45.4 Å². The maximum absolute atomic E-state index is 13.0. The molecule has 9 heteroatoms. The van der Waals surface area contributed by atoms with Gasteiger partial charge in [-0.05, 0) is 25.0 Å². The molecule has 1 aliphatic heterocycles. The number of sulfonamides is 1.